The fourth-order valence-electron chi connectivity index (χ4n) is 2.29. The summed E-state index contributed by atoms with van der Waals surface area (Å²) >= 11 is 0. The van der Waals surface area contributed by atoms with Gasteiger partial charge in [-0.3, -0.25) is 4.79 Å². The van der Waals surface area contributed by atoms with E-state index in [2.05, 4.69) is 0 Å². The molecule has 0 atom stereocenters. The Morgan fingerprint density at radius 1 is 0.875 bits per heavy atom. The van der Waals surface area contributed by atoms with Crippen molar-refractivity contribution in [1.29, 1.82) is 0 Å². The van der Waals surface area contributed by atoms with Crippen molar-refractivity contribution in [1.82, 2.24) is 0 Å². The van der Waals surface area contributed by atoms with Gasteiger partial charge in [0.15, 0.2) is 5.78 Å². The molecule has 132 valence electrons. The number of rotatable bonds is 7. The van der Waals surface area contributed by atoms with Gasteiger partial charge >= 0.3 is 0 Å². The van der Waals surface area contributed by atoms with Gasteiger partial charge < -0.3 is 20.1 Å². The van der Waals surface area contributed by atoms with Crippen LogP contribution in [0.15, 0.2) is 23.3 Å². The molecule has 0 unspecified atom stereocenters. The van der Waals surface area contributed by atoms with Crippen LogP contribution < -0.4 is 0 Å². The highest BCUT2D eigenvalue weighted by molar-refractivity contribution is 6.03. The molecule has 1 aromatic rings. The van der Waals surface area contributed by atoms with E-state index in [9.17, 15) is 20.1 Å². The van der Waals surface area contributed by atoms with Crippen LogP contribution in [0.2, 0.25) is 0 Å². The maximum Gasteiger partial charge on any atom is 0.195 e. The van der Waals surface area contributed by atoms with E-state index in [0.717, 1.165) is 11.1 Å². The molecule has 0 fully saturated rings. The van der Waals surface area contributed by atoms with Crippen molar-refractivity contribution >= 4 is 5.78 Å². The summed E-state index contributed by atoms with van der Waals surface area (Å²) in [7, 11) is 1.36. The molecule has 5 nitrogen and oxygen atoms in total. The van der Waals surface area contributed by atoms with Crippen LogP contribution in [0.4, 0.5) is 0 Å². The number of ether oxygens (including phenoxy) is 1. The van der Waals surface area contributed by atoms with Gasteiger partial charge in [-0.1, -0.05) is 23.3 Å². The van der Waals surface area contributed by atoms with Crippen LogP contribution in [-0.2, 0) is 17.6 Å². The van der Waals surface area contributed by atoms with Crippen LogP contribution >= 0.6 is 0 Å². The maximum absolute atomic E-state index is 12.2. The molecule has 0 heterocycles. The van der Waals surface area contributed by atoms with Gasteiger partial charge in [0.25, 0.3) is 0 Å². The molecule has 0 aliphatic carbocycles. The molecule has 0 radical (unpaired) electrons. The number of phenols is 3. The van der Waals surface area contributed by atoms with Crippen molar-refractivity contribution in [3.8, 4) is 17.2 Å². The first kappa shape index (κ1) is 19.8. The van der Waals surface area contributed by atoms with E-state index in [-0.39, 0.29) is 41.9 Å². The number of hydrogen-bond donors (Lipinski definition) is 3. The highest BCUT2D eigenvalue weighted by Crippen LogP contribution is 2.43. The second kappa shape index (κ2) is 8.55. The second-order valence-electron chi connectivity index (χ2n) is 6.21. The number of aromatic hydroxyl groups is 3. The van der Waals surface area contributed by atoms with E-state index in [1.807, 2.05) is 39.8 Å². The predicted octanol–water partition coefficient (Wildman–Crippen LogP) is 3.65. The van der Waals surface area contributed by atoms with E-state index in [0.29, 0.717) is 0 Å². The number of hydrogen-bond acceptors (Lipinski definition) is 5. The molecule has 0 bridgehead atoms. The molecule has 1 rings (SSSR count). The van der Waals surface area contributed by atoms with Crippen molar-refractivity contribution in [3.63, 3.8) is 0 Å². The van der Waals surface area contributed by atoms with Gasteiger partial charge in [-0.25, -0.2) is 0 Å². The normalized spacial score (nSPS) is 10.4. The number of ketones is 1. The zero-order chi connectivity index (χ0) is 18.4. The number of methoxy groups -OCH3 is 1. The smallest absolute Gasteiger partial charge is 0.195 e. The minimum absolute atomic E-state index is 0.186. The van der Waals surface area contributed by atoms with E-state index in [1.54, 1.807) is 0 Å². The van der Waals surface area contributed by atoms with Crippen molar-refractivity contribution in [3.05, 3.63) is 40.0 Å². The summed E-state index contributed by atoms with van der Waals surface area (Å²) < 4.78 is 4.82. The number of carbonyl (C=O) groups excluding carboxylic acids is 1. The summed E-state index contributed by atoms with van der Waals surface area (Å²) in [5.41, 5.74) is 2.27. The number of Topliss-reactive ketones (excluding diaryl/α,β-unsaturated/α-hetero) is 1. The number of benzene rings is 1. The molecule has 24 heavy (non-hydrogen) atoms. The molecule has 1 aromatic carbocycles. The average molecular weight is 334 g/mol. The van der Waals surface area contributed by atoms with Gasteiger partial charge in [0.2, 0.25) is 0 Å². The fraction of sp³-hybridized carbons (Fsp3) is 0.421. The van der Waals surface area contributed by atoms with Crippen molar-refractivity contribution in [2.24, 2.45) is 0 Å². The molecule has 0 saturated heterocycles. The SMILES string of the molecule is COCC(=O)c1c(O)c(CC=C(C)C)c(O)c(CC=C(C)C)c1O. The first-order chi connectivity index (χ1) is 11.2. The first-order valence-corrected chi connectivity index (χ1v) is 7.78. The molecule has 0 aliphatic rings. The lowest BCUT2D eigenvalue weighted by atomic mass is 9.94. The van der Waals surface area contributed by atoms with Gasteiger partial charge in [0.05, 0.1) is 0 Å². The van der Waals surface area contributed by atoms with Gasteiger partial charge in [-0.15, -0.1) is 0 Å². The van der Waals surface area contributed by atoms with Crippen LogP contribution in [0.1, 0.15) is 49.2 Å². The summed E-state index contributed by atoms with van der Waals surface area (Å²) in [5.74, 6) is -1.52. The molecule has 5 heteroatoms. The number of phenolic OH excluding ortho intramolecular Hbond substituents is 3. The topological polar surface area (TPSA) is 87.0 Å². The Morgan fingerprint density at radius 3 is 1.62 bits per heavy atom. The monoisotopic (exact) mass is 334 g/mol. The Hall–Kier alpha value is -2.27. The number of carbonyl (C=O) groups is 1. The predicted molar refractivity (Wildman–Crippen MR) is 93.9 cm³/mol. The zero-order valence-corrected chi connectivity index (χ0v) is 14.9. The Labute approximate surface area is 142 Å². The minimum atomic E-state index is -0.538. The lowest BCUT2D eigenvalue weighted by Crippen LogP contribution is -2.10. The third kappa shape index (κ3) is 4.61. The molecule has 3 N–H and O–H groups in total. The molecular weight excluding hydrogens is 308 g/mol. The largest absolute Gasteiger partial charge is 0.507 e. The standard InChI is InChI=1S/C19H26O5/c1-11(2)6-8-13-17(21)14(9-7-12(3)4)19(23)16(18(13)22)15(20)10-24-5/h6-7,21-23H,8-10H2,1-5H3. The fourth-order valence-corrected chi connectivity index (χ4v) is 2.29. The summed E-state index contributed by atoms with van der Waals surface area (Å²) in [6.45, 7) is 7.33. The van der Waals surface area contributed by atoms with Crippen LogP contribution in [0.5, 0.6) is 17.2 Å². The summed E-state index contributed by atoms with van der Waals surface area (Å²) in [6, 6.07) is 0. The van der Waals surface area contributed by atoms with E-state index >= 15 is 0 Å². The van der Waals surface area contributed by atoms with Crippen molar-refractivity contribution < 1.29 is 24.9 Å². The van der Waals surface area contributed by atoms with Crippen LogP contribution in [-0.4, -0.2) is 34.8 Å². The highest BCUT2D eigenvalue weighted by Gasteiger charge is 2.26. The Bertz CT molecular complexity index is 628. The van der Waals surface area contributed by atoms with Crippen molar-refractivity contribution in [2.75, 3.05) is 13.7 Å². The molecule has 0 saturated carbocycles. The van der Waals surface area contributed by atoms with Crippen LogP contribution in [0, 0.1) is 0 Å². The van der Waals surface area contributed by atoms with Gasteiger partial charge in [0, 0.05) is 18.2 Å². The third-order valence-electron chi connectivity index (χ3n) is 3.60. The second-order valence-corrected chi connectivity index (χ2v) is 6.21. The molecular formula is C19H26O5. The highest BCUT2D eigenvalue weighted by atomic mass is 16.5. The van der Waals surface area contributed by atoms with Crippen LogP contribution in [0.25, 0.3) is 0 Å². The minimum Gasteiger partial charge on any atom is -0.507 e. The zero-order valence-electron chi connectivity index (χ0n) is 14.9. The van der Waals surface area contributed by atoms with E-state index < -0.39 is 17.3 Å². The quantitative estimate of drug-likeness (QED) is 0.523. The maximum atomic E-state index is 12.2. The van der Waals surface area contributed by atoms with E-state index in [4.69, 9.17) is 4.74 Å². The van der Waals surface area contributed by atoms with E-state index in [1.165, 1.54) is 7.11 Å². The lowest BCUT2D eigenvalue weighted by molar-refractivity contribution is 0.0842. The summed E-state index contributed by atoms with van der Waals surface area (Å²) in [5, 5.41) is 31.3. The van der Waals surface area contributed by atoms with Gasteiger partial charge in [-0.2, -0.15) is 0 Å². The summed E-state index contributed by atoms with van der Waals surface area (Å²) in [6.07, 6.45) is 4.19. The Kier molecular flexibility index (Phi) is 7.04. The lowest BCUT2D eigenvalue weighted by Gasteiger charge is -2.17. The van der Waals surface area contributed by atoms with Crippen LogP contribution in [0.3, 0.4) is 0 Å². The Balaban J connectivity index is 3.60. The first-order valence-electron chi connectivity index (χ1n) is 7.78. The summed E-state index contributed by atoms with van der Waals surface area (Å²) in [4.78, 5) is 12.2. The molecule has 0 amide bonds. The molecule has 0 spiro atoms. The molecule has 0 aromatic heterocycles. The third-order valence-corrected chi connectivity index (χ3v) is 3.60. The van der Waals surface area contributed by atoms with Gasteiger partial charge in [0.1, 0.15) is 29.4 Å². The van der Waals surface area contributed by atoms with Crippen molar-refractivity contribution in [2.45, 2.75) is 40.5 Å². The average Bonchev–Trinajstić information content (AvgIpc) is 2.46. The van der Waals surface area contributed by atoms with Gasteiger partial charge in [-0.05, 0) is 40.5 Å². The number of allylic oxidation sites excluding steroid dienone is 4. The molecule has 0 aliphatic heterocycles. The Morgan fingerprint density at radius 2 is 1.29 bits per heavy atom.